The van der Waals surface area contributed by atoms with Gasteiger partial charge in [0.15, 0.2) is 15.9 Å². The van der Waals surface area contributed by atoms with Gasteiger partial charge in [-0.25, -0.2) is 0 Å². The summed E-state index contributed by atoms with van der Waals surface area (Å²) in [6.07, 6.45) is 2.79. The molecule has 3 aromatic heterocycles. The van der Waals surface area contributed by atoms with Gasteiger partial charge < -0.3 is 13.9 Å². The molecule has 1 aromatic carbocycles. The smallest absolute Gasteiger partial charge is 0.296 e. The highest BCUT2D eigenvalue weighted by Crippen LogP contribution is 2.44. The molecular formula is C23H17N3O5S2. The summed E-state index contributed by atoms with van der Waals surface area (Å²) < 4.78 is 11.4. The molecule has 1 aliphatic rings. The van der Waals surface area contributed by atoms with Crippen LogP contribution in [-0.2, 0) is 10.5 Å². The van der Waals surface area contributed by atoms with E-state index in [4.69, 9.17) is 8.83 Å². The van der Waals surface area contributed by atoms with Crippen LogP contribution in [0, 0.1) is 6.92 Å². The van der Waals surface area contributed by atoms with Gasteiger partial charge in [0.25, 0.3) is 5.91 Å². The summed E-state index contributed by atoms with van der Waals surface area (Å²) >= 11 is 2.69. The first-order chi connectivity index (χ1) is 16.0. The maximum absolute atomic E-state index is 13.1. The first-order valence-corrected chi connectivity index (χ1v) is 11.7. The number of nitrogens with zero attached hydrogens (tertiary/aromatic N) is 3. The summed E-state index contributed by atoms with van der Waals surface area (Å²) in [5, 5.41) is 19.3. The van der Waals surface area contributed by atoms with Crippen molar-refractivity contribution in [2.45, 2.75) is 23.1 Å². The highest BCUT2D eigenvalue weighted by atomic mass is 32.2. The van der Waals surface area contributed by atoms with Gasteiger partial charge in [0.05, 0.1) is 18.1 Å². The molecule has 1 N–H and O–H groups in total. The van der Waals surface area contributed by atoms with Crippen LogP contribution in [-0.4, -0.2) is 27.0 Å². The maximum atomic E-state index is 13.1. The number of benzene rings is 1. The molecule has 1 aliphatic heterocycles. The van der Waals surface area contributed by atoms with Gasteiger partial charge in [-0.1, -0.05) is 52.9 Å². The van der Waals surface area contributed by atoms with Gasteiger partial charge >= 0.3 is 0 Å². The molecule has 0 saturated carbocycles. The number of ketones is 1. The van der Waals surface area contributed by atoms with Crippen LogP contribution in [0.25, 0.3) is 0 Å². The van der Waals surface area contributed by atoms with Gasteiger partial charge in [-0.05, 0) is 36.8 Å². The minimum absolute atomic E-state index is 0.00867. The van der Waals surface area contributed by atoms with Gasteiger partial charge in [0, 0.05) is 5.75 Å². The lowest BCUT2D eigenvalue weighted by atomic mass is 10.00. The van der Waals surface area contributed by atoms with Crippen LogP contribution >= 0.6 is 23.1 Å². The van der Waals surface area contributed by atoms with Crippen LogP contribution in [0.3, 0.4) is 0 Å². The largest absolute Gasteiger partial charge is 0.503 e. The number of carbonyl (C=O) groups is 2. The average Bonchev–Trinajstić information content (AvgIpc) is 3.62. The van der Waals surface area contributed by atoms with Crippen LogP contribution < -0.4 is 4.90 Å². The highest BCUT2D eigenvalue weighted by Gasteiger charge is 2.48. The molecule has 0 bridgehead atoms. The molecule has 5 rings (SSSR count). The summed E-state index contributed by atoms with van der Waals surface area (Å²) in [5.41, 5.74) is 2.19. The third-order valence-corrected chi connectivity index (χ3v) is 7.22. The van der Waals surface area contributed by atoms with E-state index in [1.165, 1.54) is 52.2 Å². The van der Waals surface area contributed by atoms with E-state index in [9.17, 15) is 14.7 Å². The Bertz CT molecular complexity index is 1320. The molecule has 0 spiro atoms. The van der Waals surface area contributed by atoms with Crippen LogP contribution in [0.1, 0.15) is 33.5 Å². The summed E-state index contributed by atoms with van der Waals surface area (Å²) in [7, 11) is 0. The second-order valence-electron chi connectivity index (χ2n) is 7.29. The minimum atomic E-state index is -0.993. The van der Waals surface area contributed by atoms with E-state index < -0.39 is 23.5 Å². The molecule has 166 valence electrons. The Labute approximate surface area is 196 Å². The van der Waals surface area contributed by atoms with Crippen LogP contribution in [0.4, 0.5) is 5.13 Å². The normalized spacial score (nSPS) is 16.1. The predicted octanol–water partition coefficient (Wildman–Crippen LogP) is 5.11. The SMILES string of the molecule is Cc1ccc(CSc2nnc(N3C(=O)C(O)=C(C(=O)c4ccco4)[C@@H]3c3ccco3)s2)cc1. The standard InChI is InChI=1S/C23H17N3O5S2/c1-13-6-8-14(9-7-13)12-32-23-25-24-22(33-23)26-18(15-4-2-10-30-15)17(20(28)21(26)29)19(27)16-5-3-11-31-16/h2-11,18,28H,12H2,1H3/t18-/m0/s1. The van der Waals surface area contributed by atoms with E-state index in [0.29, 0.717) is 15.9 Å². The van der Waals surface area contributed by atoms with Crippen molar-refractivity contribution < 1.29 is 23.5 Å². The Morgan fingerprint density at radius 1 is 1.12 bits per heavy atom. The van der Waals surface area contributed by atoms with E-state index in [0.717, 1.165) is 5.56 Å². The third kappa shape index (κ3) is 3.98. The van der Waals surface area contributed by atoms with E-state index >= 15 is 0 Å². The lowest BCUT2D eigenvalue weighted by Gasteiger charge is -2.21. The van der Waals surface area contributed by atoms with Crippen molar-refractivity contribution in [2.75, 3.05) is 4.90 Å². The Kier molecular flexibility index (Phi) is 5.61. The molecular weight excluding hydrogens is 462 g/mol. The second-order valence-corrected chi connectivity index (χ2v) is 9.47. The van der Waals surface area contributed by atoms with E-state index in [2.05, 4.69) is 22.3 Å². The van der Waals surface area contributed by atoms with Crippen molar-refractivity contribution in [3.63, 3.8) is 0 Å². The number of anilines is 1. The van der Waals surface area contributed by atoms with Crippen LogP contribution in [0.2, 0.25) is 0 Å². The lowest BCUT2D eigenvalue weighted by Crippen LogP contribution is -2.30. The maximum Gasteiger partial charge on any atom is 0.296 e. The zero-order valence-corrected chi connectivity index (χ0v) is 18.9. The second kappa shape index (κ2) is 8.72. The Morgan fingerprint density at radius 2 is 1.88 bits per heavy atom. The van der Waals surface area contributed by atoms with Gasteiger partial charge in [-0.15, -0.1) is 10.2 Å². The van der Waals surface area contributed by atoms with Crippen molar-refractivity contribution in [1.82, 2.24) is 10.2 Å². The van der Waals surface area contributed by atoms with Crippen LogP contribution in [0.15, 0.2) is 85.6 Å². The number of rotatable bonds is 7. The zero-order chi connectivity index (χ0) is 22.9. The first-order valence-electron chi connectivity index (χ1n) is 9.93. The summed E-state index contributed by atoms with van der Waals surface area (Å²) in [4.78, 5) is 27.3. The monoisotopic (exact) mass is 479 g/mol. The molecule has 0 saturated heterocycles. The molecule has 8 nitrogen and oxygen atoms in total. The van der Waals surface area contributed by atoms with E-state index in [1.807, 2.05) is 19.1 Å². The number of aliphatic hydroxyl groups is 1. The van der Waals surface area contributed by atoms with Crippen LogP contribution in [0.5, 0.6) is 0 Å². The average molecular weight is 480 g/mol. The molecule has 0 aliphatic carbocycles. The number of thioether (sulfide) groups is 1. The summed E-state index contributed by atoms with van der Waals surface area (Å²) in [6, 6.07) is 13.5. The topological polar surface area (TPSA) is 110 Å². The number of aliphatic hydroxyl groups excluding tert-OH is 1. The van der Waals surface area contributed by atoms with Gasteiger partial charge in [-0.2, -0.15) is 0 Å². The number of aromatic nitrogens is 2. The first kappa shape index (κ1) is 21.2. The van der Waals surface area contributed by atoms with Crippen molar-refractivity contribution >= 4 is 39.9 Å². The quantitative estimate of drug-likeness (QED) is 0.221. The molecule has 33 heavy (non-hydrogen) atoms. The predicted molar refractivity (Wildman–Crippen MR) is 122 cm³/mol. The molecule has 4 aromatic rings. The fraction of sp³-hybridized carbons (Fsp3) is 0.130. The van der Waals surface area contributed by atoms with E-state index in [1.54, 1.807) is 18.2 Å². The Hall–Kier alpha value is -3.63. The molecule has 0 unspecified atom stereocenters. The van der Waals surface area contributed by atoms with Gasteiger partial charge in [-0.3, -0.25) is 14.5 Å². The molecule has 1 amide bonds. The molecule has 10 heteroatoms. The molecule has 4 heterocycles. The van der Waals surface area contributed by atoms with Gasteiger partial charge in [0.1, 0.15) is 11.8 Å². The minimum Gasteiger partial charge on any atom is -0.503 e. The molecule has 1 atom stereocenters. The van der Waals surface area contributed by atoms with E-state index in [-0.39, 0.29) is 16.5 Å². The number of hydrogen-bond donors (Lipinski definition) is 1. The van der Waals surface area contributed by atoms with Crippen molar-refractivity contribution in [3.05, 3.63) is 95.0 Å². The number of furan rings is 2. The Morgan fingerprint density at radius 3 is 2.58 bits per heavy atom. The number of hydrogen-bond acceptors (Lipinski definition) is 9. The van der Waals surface area contributed by atoms with Crippen molar-refractivity contribution in [3.8, 4) is 0 Å². The Balaban J connectivity index is 1.44. The fourth-order valence-electron chi connectivity index (χ4n) is 3.48. The fourth-order valence-corrected chi connectivity index (χ4v) is 5.30. The number of Topliss-reactive ketones (excluding diaryl/α,β-unsaturated/α-hetero) is 1. The molecule has 0 radical (unpaired) electrons. The van der Waals surface area contributed by atoms with Crippen molar-refractivity contribution in [1.29, 1.82) is 0 Å². The summed E-state index contributed by atoms with van der Waals surface area (Å²) in [5.74, 6) is -1.01. The number of aryl methyl sites for hydroxylation is 1. The third-order valence-electron chi connectivity index (χ3n) is 5.10. The van der Waals surface area contributed by atoms with Gasteiger partial charge in [0.2, 0.25) is 10.9 Å². The highest BCUT2D eigenvalue weighted by molar-refractivity contribution is 8.00. The number of amides is 1. The lowest BCUT2D eigenvalue weighted by molar-refractivity contribution is -0.117. The molecule has 0 fully saturated rings. The van der Waals surface area contributed by atoms with Crippen molar-refractivity contribution in [2.24, 2.45) is 0 Å². The zero-order valence-electron chi connectivity index (χ0n) is 17.3. The number of carbonyl (C=O) groups excluding carboxylic acids is 2. The summed E-state index contributed by atoms with van der Waals surface area (Å²) in [6.45, 7) is 2.03.